The summed E-state index contributed by atoms with van der Waals surface area (Å²) in [5, 5.41) is 0.606. The van der Waals surface area contributed by atoms with Gasteiger partial charge in [0.15, 0.2) is 5.78 Å². The third kappa shape index (κ3) is 2.56. The van der Waals surface area contributed by atoms with E-state index in [0.717, 1.165) is 21.3 Å². The Morgan fingerprint density at radius 3 is 2.70 bits per heavy atom. The van der Waals surface area contributed by atoms with Crippen molar-refractivity contribution in [3.63, 3.8) is 0 Å². The molecule has 2 aromatic carbocycles. The van der Waals surface area contributed by atoms with Crippen LogP contribution in [0.1, 0.15) is 28.4 Å². The summed E-state index contributed by atoms with van der Waals surface area (Å²) in [6.45, 7) is 2.03. The van der Waals surface area contributed by atoms with Crippen molar-refractivity contribution >= 4 is 40.0 Å². The Morgan fingerprint density at radius 2 is 1.95 bits per heavy atom. The SMILES string of the molecule is CC1Cc2cc(C(=O)c3ccc(I)c(Cl)c3)ccc2O1. The molecule has 2 aromatic rings. The highest BCUT2D eigenvalue weighted by molar-refractivity contribution is 14.1. The van der Waals surface area contributed by atoms with Crippen LogP contribution < -0.4 is 4.74 Å². The summed E-state index contributed by atoms with van der Waals surface area (Å²) >= 11 is 8.22. The molecule has 0 bridgehead atoms. The Hall–Kier alpha value is -1.07. The van der Waals surface area contributed by atoms with Crippen LogP contribution in [0, 0.1) is 3.57 Å². The maximum absolute atomic E-state index is 12.5. The van der Waals surface area contributed by atoms with Crippen LogP contribution in [-0.4, -0.2) is 11.9 Å². The molecule has 1 heterocycles. The molecule has 20 heavy (non-hydrogen) atoms. The molecule has 4 heteroatoms. The number of carbonyl (C=O) groups excluding carboxylic acids is 1. The van der Waals surface area contributed by atoms with Crippen LogP contribution in [0.2, 0.25) is 5.02 Å². The van der Waals surface area contributed by atoms with Crippen LogP contribution in [0.5, 0.6) is 5.75 Å². The molecule has 0 saturated carbocycles. The summed E-state index contributed by atoms with van der Waals surface area (Å²) < 4.78 is 6.59. The van der Waals surface area contributed by atoms with Crippen LogP contribution in [0.4, 0.5) is 0 Å². The van der Waals surface area contributed by atoms with Crippen LogP contribution >= 0.6 is 34.2 Å². The molecule has 2 nitrogen and oxygen atoms in total. The molecule has 0 spiro atoms. The molecule has 3 rings (SSSR count). The molecular weight excluding hydrogens is 387 g/mol. The number of rotatable bonds is 2. The van der Waals surface area contributed by atoms with E-state index in [9.17, 15) is 4.79 Å². The van der Waals surface area contributed by atoms with Gasteiger partial charge < -0.3 is 4.74 Å². The van der Waals surface area contributed by atoms with Crippen molar-refractivity contribution in [3.05, 3.63) is 61.7 Å². The fraction of sp³-hybridized carbons (Fsp3) is 0.188. The minimum absolute atomic E-state index is 0.00865. The lowest BCUT2D eigenvalue weighted by molar-refractivity contribution is 0.103. The summed E-state index contributed by atoms with van der Waals surface area (Å²) in [4.78, 5) is 12.5. The van der Waals surface area contributed by atoms with E-state index < -0.39 is 0 Å². The van der Waals surface area contributed by atoms with Gasteiger partial charge in [0.1, 0.15) is 11.9 Å². The lowest BCUT2D eigenvalue weighted by atomic mass is 10.00. The van der Waals surface area contributed by atoms with E-state index in [-0.39, 0.29) is 11.9 Å². The smallest absolute Gasteiger partial charge is 0.193 e. The van der Waals surface area contributed by atoms with E-state index >= 15 is 0 Å². The highest BCUT2D eigenvalue weighted by atomic mass is 127. The molecule has 0 aliphatic carbocycles. The van der Waals surface area contributed by atoms with Crippen molar-refractivity contribution < 1.29 is 9.53 Å². The molecule has 1 aliphatic heterocycles. The van der Waals surface area contributed by atoms with Gasteiger partial charge in [-0.2, -0.15) is 0 Å². The van der Waals surface area contributed by atoms with Crippen LogP contribution in [-0.2, 0) is 6.42 Å². The van der Waals surface area contributed by atoms with Gasteiger partial charge in [0.2, 0.25) is 0 Å². The highest BCUT2D eigenvalue weighted by Gasteiger charge is 2.21. The standard InChI is InChI=1S/C16H12ClIO2/c1-9-6-12-7-10(3-5-15(12)20-9)16(19)11-2-4-14(18)13(17)8-11/h2-5,7-9H,6H2,1H3. The third-order valence-electron chi connectivity index (χ3n) is 3.34. The zero-order valence-electron chi connectivity index (χ0n) is 10.8. The Labute approximate surface area is 136 Å². The predicted molar refractivity (Wildman–Crippen MR) is 87.8 cm³/mol. The van der Waals surface area contributed by atoms with Gasteiger partial charge in [0, 0.05) is 21.1 Å². The fourth-order valence-corrected chi connectivity index (χ4v) is 2.88. The average Bonchev–Trinajstić information content (AvgIpc) is 2.80. The van der Waals surface area contributed by atoms with E-state index in [2.05, 4.69) is 22.6 Å². The summed E-state index contributed by atoms with van der Waals surface area (Å²) in [5.74, 6) is 0.875. The van der Waals surface area contributed by atoms with Gasteiger partial charge in [0.25, 0.3) is 0 Å². The molecular formula is C16H12ClIO2. The first-order valence-electron chi connectivity index (χ1n) is 6.34. The second-order valence-electron chi connectivity index (χ2n) is 4.91. The normalized spacial score (nSPS) is 16.6. The fourth-order valence-electron chi connectivity index (χ4n) is 2.37. The topological polar surface area (TPSA) is 26.3 Å². The molecule has 0 amide bonds. The first-order valence-corrected chi connectivity index (χ1v) is 7.79. The van der Waals surface area contributed by atoms with E-state index in [4.69, 9.17) is 16.3 Å². The molecule has 0 fully saturated rings. The predicted octanol–water partition coefficient (Wildman–Crippen LogP) is 4.50. The summed E-state index contributed by atoms with van der Waals surface area (Å²) in [7, 11) is 0. The average molecular weight is 399 g/mol. The number of benzene rings is 2. The van der Waals surface area contributed by atoms with Crippen LogP contribution in [0.15, 0.2) is 36.4 Å². The number of ether oxygens (including phenoxy) is 1. The molecule has 1 unspecified atom stereocenters. The zero-order valence-corrected chi connectivity index (χ0v) is 13.7. The lowest BCUT2D eigenvalue weighted by Crippen LogP contribution is -2.05. The lowest BCUT2D eigenvalue weighted by Gasteiger charge is -2.05. The molecule has 1 aliphatic rings. The van der Waals surface area contributed by atoms with Crippen molar-refractivity contribution in [1.29, 1.82) is 0 Å². The quantitative estimate of drug-likeness (QED) is 0.550. The van der Waals surface area contributed by atoms with Crippen molar-refractivity contribution in [2.75, 3.05) is 0 Å². The highest BCUT2D eigenvalue weighted by Crippen LogP contribution is 2.30. The molecule has 0 saturated heterocycles. The molecule has 0 radical (unpaired) electrons. The molecule has 0 aromatic heterocycles. The van der Waals surface area contributed by atoms with Gasteiger partial charge in [-0.3, -0.25) is 4.79 Å². The van der Waals surface area contributed by atoms with Gasteiger partial charge in [-0.25, -0.2) is 0 Å². The van der Waals surface area contributed by atoms with E-state index in [1.54, 1.807) is 6.07 Å². The summed E-state index contributed by atoms with van der Waals surface area (Å²) in [6, 6.07) is 11.0. The first kappa shape index (κ1) is 13.9. The Bertz CT molecular complexity index is 697. The van der Waals surface area contributed by atoms with Crippen molar-refractivity contribution in [1.82, 2.24) is 0 Å². The second kappa shape index (κ2) is 5.37. The van der Waals surface area contributed by atoms with E-state index in [0.29, 0.717) is 16.1 Å². The van der Waals surface area contributed by atoms with Gasteiger partial charge in [-0.05, 0) is 71.5 Å². The van der Waals surface area contributed by atoms with Crippen LogP contribution in [0.3, 0.4) is 0 Å². The molecule has 1 atom stereocenters. The third-order valence-corrected chi connectivity index (χ3v) is 4.91. The number of hydrogen-bond donors (Lipinski definition) is 0. The van der Waals surface area contributed by atoms with E-state index in [1.165, 1.54) is 0 Å². The number of halogens is 2. The minimum atomic E-state index is -0.00865. The van der Waals surface area contributed by atoms with Gasteiger partial charge in [-0.1, -0.05) is 11.6 Å². The number of ketones is 1. The Morgan fingerprint density at radius 1 is 1.25 bits per heavy atom. The minimum Gasteiger partial charge on any atom is -0.490 e. The van der Waals surface area contributed by atoms with Gasteiger partial charge >= 0.3 is 0 Å². The number of carbonyl (C=O) groups is 1. The molecule has 102 valence electrons. The number of hydrogen-bond acceptors (Lipinski definition) is 2. The second-order valence-corrected chi connectivity index (χ2v) is 6.48. The largest absolute Gasteiger partial charge is 0.490 e. The van der Waals surface area contributed by atoms with E-state index in [1.807, 2.05) is 37.3 Å². The summed E-state index contributed by atoms with van der Waals surface area (Å²) in [6.07, 6.45) is 1.03. The van der Waals surface area contributed by atoms with Crippen LogP contribution in [0.25, 0.3) is 0 Å². The maximum atomic E-state index is 12.5. The van der Waals surface area contributed by atoms with Crippen molar-refractivity contribution in [2.24, 2.45) is 0 Å². The molecule has 0 N–H and O–H groups in total. The Balaban J connectivity index is 1.95. The maximum Gasteiger partial charge on any atom is 0.193 e. The van der Waals surface area contributed by atoms with Crippen molar-refractivity contribution in [2.45, 2.75) is 19.4 Å². The van der Waals surface area contributed by atoms with Gasteiger partial charge in [0.05, 0.1) is 5.02 Å². The zero-order chi connectivity index (χ0) is 14.3. The number of fused-ring (bicyclic) bond motifs is 1. The Kier molecular flexibility index (Phi) is 3.73. The van der Waals surface area contributed by atoms with Gasteiger partial charge in [-0.15, -0.1) is 0 Å². The van der Waals surface area contributed by atoms with Crippen molar-refractivity contribution in [3.8, 4) is 5.75 Å². The summed E-state index contributed by atoms with van der Waals surface area (Å²) in [5.41, 5.74) is 2.39. The first-order chi connectivity index (χ1) is 9.54. The monoisotopic (exact) mass is 398 g/mol.